The van der Waals surface area contributed by atoms with Gasteiger partial charge in [0.1, 0.15) is 5.82 Å². The Hall–Kier alpha value is -3.02. The van der Waals surface area contributed by atoms with Crippen molar-refractivity contribution in [3.05, 3.63) is 62.9 Å². The average molecular weight is 308 g/mol. The number of fused-ring (bicyclic) bond motifs is 1. The second kappa shape index (κ2) is 6.00. The first-order valence-corrected chi connectivity index (χ1v) is 7.21. The van der Waals surface area contributed by atoms with Crippen molar-refractivity contribution in [3.63, 3.8) is 0 Å². The van der Waals surface area contributed by atoms with E-state index in [2.05, 4.69) is 9.97 Å². The summed E-state index contributed by atoms with van der Waals surface area (Å²) in [7, 11) is 3.87. The molecule has 0 saturated heterocycles. The zero-order chi connectivity index (χ0) is 16.4. The van der Waals surface area contributed by atoms with E-state index >= 15 is 0 Å². The van der Waals surface area contributed by atoms with E-state index in [0.29, 0.717) is 6.42 Å². The number of anilines is 1. The van der Waals surface area contributed by atoms with Gasteiger partial charge >= 0.3 is 0 Å². The monoisotopic (exact) mass is 308 g/mol. The summed E-state index contributed by atoms with van der Waals surface area (Å²) in [6.45, 7) is 0. The molecule has 6 heteroatoms. The largest absolute Gasteiger partial charge is 0.363 e. The van der Waals surface area contributed by atoms with Gasteiger partial charge in [-0.05, 0) is 29.5 Å². The topological polar surface area (TPSA) is 72.2 Å². The molecule has 0 aliphatic heterocycles. The van der Waals surface area contributed by atoms with Crippen molar-refractivity contribution in [2.24, 2.45) is 0 Å². The Balaban J connectivity index is 2.03. The van der Waals surface area contributed by atoms with E-state index in [-0.39, 0.29) is 10.6 Å². The van der Waals surface area contributed by atoms with Gasteiger partial charge in [0.25, 0.3) is 0 Å². The Morgan fingerprint density at radius 2 is 2.00 bits per heavy atom. The second-order valence-electron chi connectivity index (χ2n) is 5.46. The number of allylic oxidation sites excluding steroid dienone is 2. The predicted molar refractivity (Wildman–Crippen MR) is 89.7 cm³/mol. The molecule has 0 radical (unpaired) electrons. The Morgan fingerprint density at radius 3 is 2.65 bits per heavy atom. The summed E-state index contributed by atoms with van der Waals surface area (Å²) >= 11 is 0. The fourth-order valence-corrected chi connectivity index (χ4v) is 2.35. The van der Waals surface area contributed by atoms with Crippen LogP contribution in [0.2, 0.25) is 0 Å². The maximum absolute atomic E-state index is 10.9. The molecule has 116 valence electrons. The molecule has 3 rings (SSSR count). The molecular formula is C17H16N4O2. The third-order valence-electron chi connectivity index (χ3n) is 3.66. The van der Waals surface area contributed by atoms with Crippen LogP contribution in [0.15, 0.2) is 42.2 Å². The van der Waals surface area contributed by atoms with Gasteiger partial charge in [-0.15, -0.1) is 0 Å². The fourth-order valence-electron chi connectivity index (χ4n) is 2.35. The average Bonchev–Trinajstić information content (AvgIpc) is 2.77. The minimum atomic E-state index is -0.357. The van der Waals surface area contributed by atoms with E-state index in [9.17, 15) is 10.1 Å². The second-order valence-corrected chi connectivity index (χ2v) is 5.46. The van der Waals surface area contributed by atoms with E-state index in [1.165, 1.54) is 6.08 Å². The molecule has 2 aromatic heterocycles. The Bertz CT molecular complexity index is 899. The van der Waals surface area contributed by atoms with E-state index in [1.807, 2.05) is 49.3 Å². The van der Waals surface area contributed by atoms with Crippen molar-refractivity contribution < 1.29 is 4.92 Å². The van der Waals surface area contributed by atoms with Gasteiger partial charge in [0.15, 0.2) is 0 Å². The molecule has 0 saturated carbocycles. The van der Waals surface area contributed by atoms with Crippen LogP contribution in [0.1, 0.15) is 6.42 Å². The highest BCUT2D eigenvalue weighted by atomic mass is 16.6. The van der Waals surface area contributed by atoms with E-state index in [1.54, 1.807) is 12.3 Å². The number of hydrogen-bond donors (Lipinski definition) is 0. The van der Waals surface area contributed by atoms with E-state index in [0.717, 1.165) is 27.6 Å². The van der Waals surface area contributed by atoms with Crippen molar-refractivity contribution >= 4 is 18.0 Å². The van der Waals surface area contributed by atoms with Crippen molar-refractivity contribution in [1.29, 1.82) is 0 Å². The van der Waals surface area contributed by atoms with Crippen LogP contribution in [0.4, 0.5) is 5.82 Å². The third kappa shape index (κ3) is 3.11. The summed E-state index contributed by atoms with van der Waals surface area (Å²) in [5.74, 6) is 0.877. The smallest absolute Gasteiger partial charge is 0.250 e. The SMILES string of the molecule is CN(C)c1ccc(-c2ccc3c(n2)=CC=C([N+](=O)[O-])CC=3)cn1. The maximum Gasteiger partial charge on any atom is 0.250 e. The van der Waals surface area contributed by atoms with Crippen molar-refractivity contribution in [2.45, 2.75) is 6.42 Å². The highest BCUT2D eigenvalue weighted by molar-refractivity contribution is 5.60. The molecule has 1 aliphatic rings. The summed E-state index contributed by atoms with van der Waals surface area (Å²) in [5, 5.41) is 12.5. The molecule has 0 aromatic carbocycles. The standard InChI is InChI=1S/C17H16N4O2/c1-20(2)17-10-5-13(11-18-17)16-8-4-12-3-6-14(21(22)23)7-9-15(12)19-16/h3-5,7-11H,6H2,1-2H3. The molecule has 0 atom stereocenters. The first-order chi connectivity index (χ1) is 11.0. The number of nitrogens with zero attached hydrogens (tertiary/aromatic N) is 4. The molecule has 6 nitrogen and oxygen atoms in total. The molecule has 0 N–H and O–H groups in total. The summed E-state index contributed by atoms with van der Waals surface area (Å²) < 4.78 is 0. The third-order valence-corrected chi connectivity index (χ3v) is 3.66. The van der Waals surface area contributed by atoms with Crippen LogP contribution in [0.5, 0.6) is 0 Å². The van der Waals surface area contributed by atoms with Crippen LogP contribution in [-0.2, 0) is 0 Å². The van der Waals surface area contributed by atoms with E-state index < -0.39 is 0 Å². The lowest BCUT2D eigenvalue weighted by molar-refractivity contribution is -0.426. The maximum atomic E-state index is 10.9. The van der Waals surface area contributed by atoms with Gasteiger partial charge < -0.3 is 4.90 Å². The zero-order valence-electron chi connectivity index (χ0n) is 12.9. The highest BCUT2D eigenvalue weighted by Crippen LogP contribution is 2.16. The minimum Gasteiger partial charge on any atom is -0.363 e. The minimum absolute atomic E-state index is 0.168. The van der Waals surface area contributed by atoms with Gasteiger partial charge in [0.2, 0.25) is 5.70 Å². The first kappa shape index (κ1) is 14.9. The van der Waals surface area contributed by atoms with Crippen LogP contribution in [0.25, 0.3) is 23.4 Å². The molecule has 2 aromatic rings. The zero-order valence-corrected chi connectivity index (χ0v) is 12.9. The van der Waals surface area contributed by atoms with Crippen LogP contribution in [-0.4, -0.2) is 29.0 Å². The lowest BCUT2D eigenvalue weighted by atomic mass is 10.1. The molecule has 0 amide bonds. The van der Waals surface area contributed by atoms with Crippen molar-refractivity contribution in [2.75, 3.05) is 19.0 Å². The number of nitro groups is 1. The van der Waals surface area contributed by atoms with Gasteiger partial charge in [-0.2, -0.15) is 0 Å². The van der Waals surface area contributed by atoms with Crippen LogP contribution in [0.3, 0.4) is 0 Å². The normalized spacial score (nSPS) is 13.0. The van der Waals surface area contributed by atoms with Gasteiger partial charge in [-0.1, -0.05) is 12.1 Å². The number of aromatic nitrogens is 2. The lowest BCUT2D eigenvalue weighted by Crippen LogP contribution is -2.27. The molecular weight excluding hydrogens is 292 g/mol. The molecule has 0 spiro atoms. The molecule has 0 fully saturated rings. The number of rotatable bonds is 3. The fraction of sp³-hybridized carbons (Fsp3) is 0.176. The molecule has 2 heterocycles. The van der Waals surface area contributed by atoms with Gasteiger partial charge in [0.05, 0.1) is 22.4 Å². The highest BCUT2D eigenvalue weighted by Gasteiger charge is 2.09. The summed E-state index contributed by atoms with van der Waals surface area (Å²) in [4.78, 5) is 21.5. The predicted octanol–water partition coefficient (Wildman–Crippen LogP) is 1.33. The van der Waals surface area contributed by atoms with Crippen LogP contribution >= 0.6 is 0 Å². The Kier molecular flexibility index (Phi) is 3.89. The number of pyridine rings is 2. The molecule has 23 heavy (non-hydrogen) atoms. The number of hydrogen-bond acceptors (Lipinski definition) is 5. The van der Waals surface area contributed by atoms with Crippen molar-refractivity contribution in [1.82, 2.24) is 9.97 Å². The summed E-state index contributed by atoms with van der Waals surface area (Å²) in [6, 6.07) is 7.75. The van der Waals surface area contributed by atoms with Gasteiger partial charge in [-0.25, -0.2) is 9.97 Å². The van der Waals surface area contributed by atoms with E-state index in [4.69, 9.17) is 0 Å². The van der Waals surface area contributed by atoms with Crippen LogP contribution in [0, 0.1) is 10.1 Å². The first-order valence-electron chi connectivity index (χ1n) is 7.21. The lowest BCUT2D eigenvalue weighted by Gasteiger charge is -2.11. The summed E-state index contributed by atoms with van der Waals surface area (Å²) in [6.07, 6.45) is 7.13. The molecule has 0 unspecified atom stereocenters. The molecule has 1 aliphatic carbocycles. The van der Waals surface area contributed by atoms with Crippen molar-refractivity contribution in [3.8, 4) is 11.3 Å². The summed E-state index contributed by atoms with van der Waals surface area (Å²) in [5.41, 5.74) is 1.88. The van der Waals surface area contributed by atoms with Gasteiger partial charge in [-0.3, -0.25) is 10.1 Å². The van der Waals surface area contributed by atoms with Crippen LogP contribution < -0.4 is 15.5 Å². The van der Waals surface area contributed by atoms with Gasteiger partial charge in [0, 0.05) is 31.9 Å². The Morgan fingerprint density at radius 1 is 1.17 bits per heavy atom. The molecule has 0 bridgehead atoms. The quantitative estimate of drug-likeness (QED) is 0.632. The Labute approximate surface area is 133 Å².